The van der Waals surface area contributed by atoms with Gasteiger partial charge in [0.2, 0.25) is 12.2 Å². The molecule has 0 amide bonds. The SMILES string of the molecule is CNc1nc2c(ncn2[C@@H]2OC(OP(=O)(NC(C)(C)C(=O)OC)Oc3ccccc3)C(O)[C@@]2(C)O)c(=O)[nH]1. The minimum Gasteiger partial charge on any atom is -0.468 e. The Morgan fingerprint density at radius 2 is 2.00 bits per heavy atom. The number of para-hydroxylation sites is 1. The molecule has 3 unspecified atom stereocenters. The summed E-state index contributed by atoms with van der Waals surface area (Å²) in [5.74, 6) is -0.508. The van der Waals surface area contributed by atoms with Crippen molar-refractivity contribution in [2.45, 2.75) is 50.5 Å². The van der Waals surface area contributed by atoms with Crippen molar-refractivity contribution in [3.8, 4) is 5.75 Å². The first-order chi connectivity index (χ1) is 17.8. The lowest BCUT2D eigenvalue weighted by Crippen LogP contribution is -2.48. The van der Waals surface area contributed by atoms with Crippen molar-refractivity contribution in [1.29, 1.82) is 0 Å². The van der Waals surface area contributed by atoms with E-state index in [0.717, 1.165) is 7.11 Å². The summed E-state index contributed by atoms with van der Waals surface area (Å²) in [6, 6.07) is 7.99. The quantitative estimate of drug-likeness (QED) is 0.185. The number of nitrogens with zero attached hydrogens (tertiary/aromatic N) is 3. The van der Waals surface area contributed by atoms with E-state index in [1.54, 1.807) is 25.2 Å². The van der Waals surface area contributed by atoms with Crippen LogP contribution in [-0.2, 0) is 23.4 Å². The summed E-state index contributed by atoms with van der Waals surface area (Å²) in [5, 5.41) is 27.4. The van der Waals surface area contributed by atoms with E-state index in [1.165, 1.54) is 43.8 Å². The summed E-state index contributed by atoms with van der Waals surface area (Å²) in [7, 11) is -1.79. The molecule has 38 heavy (non-hydrogen) atoms. The number of aliphatic hydroxyl groups excluding tert-OH is 1. The number of hydrogen-bond acceptors (Lipinski definition) is 12. The highest BCUT2D eigenvalue weighted by Crippen LogP contribution is 2.51. The number of benzene rings is 1. The molecule has 15 nitrogen and oxygen atoms in total. The number of esters is 1. The molecule has 16 heteroatoms. The Bertz CT molecular complexity index is 1420. The molecule has 0 spiro atoms. The van der Waals surface area contributed by atoms with Crippen molar-refractivity contribution in [1.82, 2.24) is 24.6 Å². The lowest BCUT2D eigenvalue weighted by atomic mass is 9.99. The second-order valence-corrected chi connectivity index (χ2v) is 10.9. The highest BCUT2D eigenvalue weighted by Gasteiger charge is 2.57. The highest BCUT2D eigenvalue weighted by atomic mass is 31.2. The first-order valence-corrected chi connectivity index (χ1v) is 13.0. The van der Waals surface area contributed by atoms with Gasteiger partial charge in [0.25, 0.3) is 5.56 Å². The van der Waals surface area contributed by atoms with Gasteiger partial charge in [0.1, 0.15) is 23.0 Å². The van der Waals surface area contributed by atoms with Crippen molar-refractivity contribution in [2.24, 2.45) is 0 Å². The average molecular weight is 552 g/mol. The summed E-state index contributed by atoms with van der Waals surface area (Å²) < 4.78 is 37.0. The molecule has 5 N–H and O–H groups in total. The molecule has 0 saturated carbocycles. The van der Waals surface area contributed by atoms with E-state index in [0.29, 0.717) is 0 Å². The van der Waals surface area contributed by atoms with Crippen LogP contribution >= 0.6 is 7.75 Å². The number of carbonyl (C=O) groups is 1. The Kier molecular flexibility index (Phi) is 7.36. The molecule has 1 aliphatic heterocycles. The molecular formula is C22H29N6O9P. The molecule has 3 aromatic rings. The van der Waals surface area contributed by atoms with Crippen LogP contribution in [0, 0.1) is 0 Å². The maximum atomic E-state index is 13.9. The first kappa shape index (κ1) is 27.7. The van der Waals surface area contributed by atoms with Crippen LogP contribution in [0.25, 0.3) is 11.2 Å². The van der Waals surface area contributed by atoms with E-state index in [-0.39, 0.29) is 22.9 Å². The summed E-state index contributed by atoms with van der Waals surface area (Å²) in [5.41, 5.74) is -4.14. The van der Waals surface area contributed by atoms with Crippen LogP contribution in [0.5, 0.6) is 5.75 Å². The topological polar surface area (TPSA) is 199 Å². The number of aromatic nitrogens is 4. The molecule has 5 atom stereocenters. The van der Waals surface area contributed by atoms with Crippen molar-refractivity contribution in [2.75, 3.05) is 19.5 Å². The van der Waals surface area contributed by atoms with Gasteiger partial charge in [-0.3, -0.25) is 23.7 Å². The third-order valence-electron chi connectivity index (χ3n) is 5.86. The second-order valence-electron chi connectivity index (χ2n) is 9.25. The molecule has 1 aliphatic rings. The molecule has 206 valence electrons. The number of aliphatic hydroxyl groups is 2. The number of H-pyrrole nitrogens is 1. The summed E-state index contributed by atoms with van der Waals surface area (Å²) in [4.78, 5) is 35.4. The molecule has 0 bridgehead atoms. The summed E-state index contributed by atoms with van der Waals surface area (Å²) in [6.45, 7) is 4.06. The zero-order valence-corrected chi connectivity index (χ0v) is 22.1. The third kappa shape index (κ3) is 5.16. The molecular weight excluding hydrogens is 523 g/mol. The molecule has 0 radical (unpaired) electrons. The van der Waals surface area contributed by atoms with Crippen molar-refractivity contribution < 1.29 is 38.1 Å². The number of hydrogen-bond donors (Lipinski definition) is 5. The van der Waals surface area contributed by atoms with Crippen LogP contribution in [0.4, 0.5) is 5.95 Å². The van der Waals surface area contributed by atoms with Gasteiger partial charge in [-0.05, 0) is 32.9 Å². The molecule has 3 heterocycles. The molecule has 1 saturated heterocycles. The number of fused-ring (bicyclic) bond motifs is 1. The van der Waals surface area contributed by atoms with Gasteiger partial charge in [-0.2, -0.15) is 10.1 Å². The predicted octanol–water partition coefficient (Wildman–Crippen LogP) is 0.873. The largest absolute Gasteiger partial charge is 0.468 e. The van der Waals surface area contributed by atoms with Crippen molar-refractivity contribution in [3.63, 3.8) is 0 Å². The van der Waals surface area contributed by atoms with Crippen LogP contribution in [-0.4, -0.2) is 73.4 Å². The first-order valence-electron chi connectivity index (χ1n) is 11.4. The van der Waals surface area contributed by atoms with Crippen molar-refractivity contribution in [3.05, 3.63) is 47.0 Å². The Hall–Kier alpha value is -3.33. The molecule has 1 fully saturated rings. The Balaban J connectivity index is 1.69. The summed E-state index contributed by atoms with van der Waals surface area (Å²) in [6.07, 6.45) is -3.68. The number of nitrogens with one attached hydrogen (secondary N) is 3. The Morgan fingerprint density at radius 1 is 1.32 bits per heavy atom. The normalized spacial score (nSPS) is 25.2. The van der Waals surface area contributed by atoms with Gasteiger partial charge in [-0.25, -0.2) is 9.55 Å². The van der Waals surface area contributed by atoms with Crippen LogP contribution in [0.3, 0.4) is 0 Å². The van der Waals surface area contributed by atoms with E-state index < -0.39 is 49.0 Å². The molecule has 2 aromatic heterocycles. The monoisotopic (exact) mass is 552 g/mol. The number of carbonyl (C=O) groups excluding carboxylic acids is 1. The fraction of sp³-hybridized carbons (Fsp3) is 0.455. The zero-order chi connectivity index (χ0) is 27.9. The van der Waals surface area contributed by atoms with E-state index in [1.807, 2.05) is 0 Å². The maximum absolute atomic E-state index is 13.9. The summed E-state index contributed by atoms with van der Waals surface area (Å²) >= 11 is 0. The van der Waals surface area contributed by atoms with E-state index >= 15 is 0 Å². The van der Waals surface area contributed by atoms with Crippen LogP contribution in [0.15, 0.2) is 41.5 Å². The smallest absolute Gasteiger partial charge is 0.462 e. The predicted molar refractivity (Wildman–Crippen MR) is 133 cm³/mol. The Morgan fingerprint density at radius 3 is 2.63 bits per heavy atom. The Labute approximate surface area is 216 Å². The van der Waals surface area contributed by atoms with Gasteiger partial charge in [-0.15, -0.1) is 0 Å². The fourth-order valence-corrected chi connectivity index (χ4v) is 5.63. The highest BCUT2D eigenvalue weighted by molar-refractivity contribution is 7.52. The lowest BCUT2D eigenvalue weighted by molar-refractivity contribution is -0.147. The van der Waals surface area contributed by atoms with Gasteiger partial charge in [0.05, 0.1) is 13.4 Å². The second kappa shape index (κ2) is 10.1. The molecule has 1 aromatic carbocycles. The minimum atomic E-state index is -4.50. The number of imidazole rings is 1. The maximum Gasteiger partial charge on any atom is 0.462 e. The standard InChI is InChI=1S/C22H29N6O9P/c1-21(2,19(31)34-5)27-38(33,36-12-9-7-6-8-10-12)37-17-14(29)22(3,32)18(35-17)28-11-24-13-15(28)25-20(23-4)26-16(13)30/h6-11,14,17-18,29,32H,1-5H3,(H,27,33)(H2,23,25,26,30)/t14?,17?,18-,22-,38?/m1/s1. The third-order valence-corrected chi connectivity index (χ3v) is 7.63. The van der Waals surface area contributed by atoms with Gasteiger partial charge in [-0.1, -0.05) is 18.2 Å². The zero-order valence-electron chi connectivity index (χ0n) is 21.2. The van der Waals surface area contributed by atoms with Crippen molar-refractivity contribution >= 4 is 30.8 Å². The number of ether oxygens (including phenoxy) is 2. The fourth-order valence-electron chi connectivity index (χ4n) is 3.88. The van der Waals surface area contributed by atoms with Crippen LogP contribution in [0.1, 0.15) is 27.0 Å². The lowest BCUT2D eigenvalue weighted by Gasteiger charge is -2.30. The minimum absolute atomic E-state index is 0.0400. The van der Waals surface area contributed by atoms with Gasteiger partial charge in [0.15, 0.2) is 17.4 Å². The number of aromatic amines is 1. The van der Waals surface area contributed by atoms with E-state index in [4.69, 9.17) is 18.5 Å². The average Bonchev–Trinajstić information content (AvgIpc) is 3.37. The van der Waals surface area contributed by atoms with Gasteiger partial charge >= 0.3 is 13.7 Å². The van der Waals surface area contributed by atoms with Crippen LogP contribution < -0.4 is 20.5 Å². The van der Waals surface area contributed by atoms with Gasteiger partial charge < -0.3 is 29.5 Å². The van der Waals surface area contributed by atoms with Crippen LogP contribution in [0.2, 0.25) is 0 Å². The number of anilines is 1. The molecule has 0 aliphatic carbocycles. The van der Waals surface area contributed by atoms with E-state index in [9.17, 15) is 24.4 Å². The number of rotatable bonds is 9. The van der Waals surface area contributed by atoms with E-state index in [2.05, 4.69) is 25.4 Å². The number of methoxy groups -OCH3 is 1. The van der Waals surface area contributed by atoms with Gasteiger partial charge in [0, 0.05) is 7.05 Å². The molecule has 4 rings (SSSR count).